The highest BCUT2D eigenvalue weighted by Crippen LogP contribution is 2.17. The van der Waals surface area contributed by atoms with Crippen molar-refractivity contribution in [3.8, 4) is 5.75 Å². The zero-order chi connectivity index (χ0) is 15.1. The Morgan fingerprint density at radius 2 is 1.71 bits per heavy atom. The maximum atomic E-state index is 13.1. The molecular formula is C17H19F2NO. The molecule has 0 radical (unpaired) electrons. The summed E-state index contributed by atoms with van der Waals surface area (Å²) in [6.45, 7) is 4.18. The Morgan fingerprint density at radius 3 is 2.43 bits per heavy atom. The van der Waals surface area contributed by atoms with E-state index in [0.717, 1.165) is 36.7 Å². The van der Waals surface area contributed by atoms with Crippen LogP contribution in [0.5, 0.6) is 5.75 Å². The Labute approximate surface area is 123 Å². The van der Waals surface area contributed by atoms with Crippen LogP contribution in [0.15, 0.2) is 42.5 Å². The van der Waals surface area contributed by atoms with Crippen molar-refractivity contribution in [1.82, 2.24) is 5.32 Å². The van der Waals surface area contributed by atoms with Crippen LogP contribution in [0, 0.1) is 11.6 Å². The van der Waals surface area contributed by atoms with Crippen molar-refractivity contribution in [3.05, 3.63) is 65.2 Å². The van der Waals surface area contributed by atoms with Gasteiger partial charge >= 0.3 is 0 Å². The third kappa shape index (κ3) is 5.16. The van der Waals surface area contributed by atoms with Crippen LogP contribution in [-0.2, 0) is 13.2 Å². The van der Waals surface area contributed by atoms with Crippen molar-refractivity contribution >= 4 is 0 Å². The van der Waals surface area contributed by atoms with Gasteiger partial charge in [0.05, 0.1) is 0 Å². The molecule has 0 heterocycles. The fourth-order valence-corrected chi connectivity index (χ4v) is 2.02. The molecule has 0 aliphatic rings. The van der Waals surface area contributed by atoms with Crippen molar-refractivity contribution in [1.29, 1.82) is 0 Å². The lowest BCUT2D eigenvalue weighted by Crippen LogP contribution is -2.13. The predicted molar refractivity (Wildman–Crippen MR) is 79.1 cm³/mol. The molecule has 0 spiro atoms. The summed E-state index contributed by atoms with van der Waals surface area (Å²) in [6.07, 6.45) is 1.09. The first-order valence-electron chi connectivity index (χ1n) is 7.05. The first kappa shape index (κ1) is 15.4. The Hall–Kier alpha value is -1.94. The molecule has 0 atom stereocenters. The molecule has 0 aromatic heterocycles. The van der Waals surface area contributed by atoms with E-state index in [4.69, 9.17) is 4.74 Å². The number of rotatable bonds is 7. The molecule has 0 saturated carbocycles. The molecule has 0 fully saturated rings. The van der Waals surface area contributed by atoms with Gasteiger partial charge in [0.2, 0.25) is 0 Å². The quantitative estimate of drug-likeness (QED) is 0.777. The van der Waals surface area contributed by atoms with E-state index in [1.54, 1.807) is 0 Å². The second-order valence-corrected chi connectivity index (χ2v) is 4.89. The van der Waals surface area contributed by atoms with Crippen LogP contribution in [0.4, 0.5) is 8.78 Å². The summed E-state index contributed by atoms with van der Waals surface area (Å²) in [5.41, 5.74) is 2.13. The number of nitrogens with one attached hydrogen (secondary N) is 1. The molecule has 0 saturated heterocycles. The zero-order valence-electron chi connectivity index (χ0n) is 12.0. The SMILES string of the molecule is CCCNCc1cccc(COc2cc(F)cc(F)c2)c1. The molecular weight excluding hydrogens is 272 g/mol. The van der Waals surface area contributed by atoms with Gasteiger partial charge in [-0.05, 0) is 24.1 Å². The number of hydrogen-bond donors (Lipinski definition) is 1. The lowest BCUT2D eigenvalue weighted by Gasteiger charge is -2.09. The van der Waals surface area contributed by atoms with Crippen LogP contribution >= 0.6 is 0 Å². The van der Waals surface area contributed by atoms with E-state index < -0.39 is 11.6 Å². The van der Waals surface area contributed by atoms with Crippen molar-refractivity contribution in [2.75, 3.05) is 6.54 Å². The third-order valence-electron chi connectivity index (χ3n) is 2.99. The van der Waals surface area contributed by atoms with Crippen LogP contribution in [0.1, 0.15) is 24.5 Å². The Balaban J connectivity index is 1.94. The summed E-state index contributed by atoms with van der Waals surface area (Å²) in [4.78, 5) is 0. The lowest BCUT2D eigenvalue weighted by atomic mass is 10.1. The largest absolute Gasteiger partial charge is 0.489 e. The molecule has 0 bridgehead atoms. The summed E-state index contributed by atoms with van der Waals surface area (Å²) in [5, 5.41) is 3.33. The summed E-state index contributed by atoms with van der Waals surface area (Å²) < 4.78 is 31.6. The summed E-state index contributed by atoms with van der Waals surface area (Å²) in [7, 11) is 0. The number of hydrogen-bond acceptors (Lipinski definition) is 2. The van der Waals surface area contributed by atoms with Gasteiger partial charge in [0.15, 0.2) is 0 Å². The maximum Gasteiger partial charge on any atom is 0.129 e. The molecule has 0 unspecified atom stereocenters. The van der Waals surface area contributed by atoms with Crippen LogP contribution in [0.25, 0.3) is 0 Å². The van der Waals surface area contributed by atoms with Gasteiger partial charge in [-0.3, -0.25) is 0 Å². The Kier molecular flexibility index (Phi) is 5.69. The van der Waals surface area contributed by atoms with Gasteiger partial charge in [-0.15, -0.1) is 0 Å². The minimum absolute atomic E-state index is 0.196. The highest BCUT2D eigenvalue weighted by atomic mass is 19.1. The molecule has 4 heteroatoms. The monoisotopic (exact) mass is 291 g/mol. The summed E-state index contributed by atoms with van der Waals surface area (Å²) in [6, 6.07) is 11.1. The van der Waals surface area contributed by atoms with Crippen molar-refractivity contribution in [2.45, 2.75) is 26.5 Å². The third-order valence-corrected chi connectivity index (χ3v) is 2.99. The fraction of sp³-hybridized carbons (Fsp3) is 0.294. The van der Waals surface area contributed by atoms with Crippen LogP contribution in [-0.4, -0.2) is 6.54 Å². The van der Waals surface area contributed by atoms with Gasteiger partial charge in [-0.2, -0.15) is 0 Å². The minimum Gasteiger partial charge on any atom is -0.489 e. The van der Waals surface area contributed by atoms with Gasteiger partial charge in [0.1, 0.15) is 24.0 Å². The van der Waals surface area contributed by atoms with E-state index in [1.807, 2.05) is 24.3 Å². The standard InChI is InChI=1S/C17H19F2NO/c1-2-6-20-11-13-4-3-5-14(7-13)12-21-17-9-15(18)8-16(19)10-17/h3-5,7-10,20H,2,6,11-12H2,1H3. The number of halogens is 2. The number of ether oxygens (including phenoxy) is 1. The average molecular weight is 291 g/mol. The summed E-state index contributed by atoms with van der Waals surface area (Å²) in [5.74, 6) is -1.08. The molecule has 21 heavy (non-hydrogen) atoms. The first-order valence-corrected chi connectivity index (χ1v) is 7.05. The van der Waals surface area contributed by atoms with Gasteiger partial charge in [-0.25, -0.2) is 8.78 Å². The van der Waals surface area contributed by atoms with E-state index in [-0.39, 0.29) is 12.4 Å². The van der Waals surface area contributed by atoms with Crippen LogP contribution in [0.2, 0.25) is 0 Å². The Morgan fingerprint density at radius 1 is 1.00 bits per heavy atom. The van der Waals surface area contributed by atoms with E-state index in [9.17, 15) is 8.78 Å². The van der Waals surface area contributed by atoms with Gasteiger partial charge in [0.25, 0.3) is 0 Å². The average Bonchev–Trinajstić information content (AvgIpc) is 2.45. The van der Waals surface area contributed by atoms with Gasteiger partial charge in [-0.1, -0.05) is 31.2 Å². The molecule has 112 valence electrons. The van der Waals surface area contributed by atoms with Crippen LogP contribution < -0.4 is 10.1 Å². The highest BCUT2D eigenvalue weighted by molar-refractivity contribution is 5.26. The smallest absolute Gasteiger partial charge is 0.129 e. The van der Waals surface area contributed by atoms with Crippen molar-refractivity contribution in [2.24, 2.45) is 0 Å². The molecule has 1 N–H and O–H groups in total. The van der Waals surface area contributed by atoms with Crippen molar-refractivity contribution in [3.63, 3.8) is 0 Å². The molecule has 2 rings (SSSR count). The lowest BCUT2D eigenvalue weighted by molar-refractivity contribution is 0.302. The topological polar surface area (TPSA) is 21.3 Å². The zero-order valence-corrected chi connectivity index (χ0v) is 12.0. The second-order valence-electron chi connectivity index (χ2n) is 4.89. The molecule has 0 aliphatic heterocycles. The van der Waals surface area contributed by atoms with E-state index in [2.05, 4.69) is 12.2 Å². The fourth-order valence-electron chi connectivity index (χ4n) is 2.02. The van der Waals surface area contributed by atoms with E-state index in [1.165, 1.54) is 12.1 Å². The Bertz CT molecular complexity index is 567. The van der Waals surface area contributed by atoms with Crippen molar-refractivity contribution < 1.29 is 13.5 Å². The first-order chi connectivity index (χ1) is 10.2. The second kappa shape index (κ2) is 7.74. The molecule has 0 amide bonds. The highest BCUT2D eigenvalue weighted by Gasteiger charge is 2.02. The van der Waals surface area contributed by atoms with Crippen LogP contribution in [0.3, 0.4) is 0 Å². The number of benzene rings is 2. The molecule has 2 aromatic carbocycles. The molecule has 2 nitrogen and oxygen atoms in total. The van der Waals surface area contributed by atoms with Gasteiger partial charge < -0.3 is 10.1 Å². The normalized spacial score (nSPS) is 10.6. The van der Waals surface area contributed by atoms with E-state index >= 15 is 0 Å². The maximum absolute atomic E-state index is 13.1. The predicted octanol–water partition coefficient (Wildman–Crippen LogP) is 4.04. The molecule has 2 aromatic rings. The van der Waals surface area contributed by atoms with Gasteiger partial charge in [0, 0.05) is 24.7 Å². The minimum atomic E-state index is -0.637. The molecule has 0 aliphatic carbocycles. The van der Waals surface area contributed by atoms with E-state index in [0.29, 0.717) is 0 Å². The summed E-state index contributed by atoms with van der Waals surface area (Å²) >= 11 is 0.